The lowest BCUT2D eigenvalue weighted by Crippen LogP contribution is -2.38. The average molecular weight is 492 g/mol. The number of rotatable bonds is 10. The molecule has 7 heteroatoms. The average Bonchev–Trinajstić information content (AvgIpc) is 3.18. The van der Waals surface area contributed by atoms with Crippen LogP contribution in [0.15, 0.2) is 66.7 Å². The number of carbonyl (C=O) groups excluding carboxylic acids is 1. The topological polar surface area (TPSA) is 76.1 Å². The lowest BCUT2D eigenvalue weighted by molar-refractivity contribution is -0.144. The molecule has 1 aliphatic rings. The fourth-order valence-corrected chi connectivity index (χ4v) is 4.72. The van der Waals surface area contributed by atoms with Crippen LogP contribution in [-0.4, -0.2) is 47.7 Å². The van der Waals surface area contributed by atoms with Crippen LogP contribution in [0.2, 0.25) is 0 Å². The molecular formula is C29H30FNO5. The Morgan fingerprint density at radius 1 is 1.08 bits per heavy atom. The first-order chi connectivity index (χ1) is 17.2. The van der Waals surface area contributed by atoms with Crippen molar-refractivity contribution in [3.63, 3.8) is 0 Å². The van der Waals surface area contributed by atoms with Crippen LogP contribution in [0.4, 0.5) is 4.39 Å². The predicted octanol–water partition coefficient (Wildman–Crippen LogP) is 4.47. The largest absolute Gasteiger partial charge is 0.496 e. The second-order valence-electron chi connectivity index (χ2n) is 9.42. The molecule has 1 atom stereocenters. The van der Waals surface area contributed by atoms with Crippen molar-refractivity contribution in [2.75, 3.05) is 20.2 Å². The summed E-state index contributed by atoms with van der Waals surface area (Å²) in [6, 6.07) is 19.6. The molecule has 3 aromatic carbocycles. The van der Waals surface area contributed by atoms with Crippen molar-refractivity contribution in [3.05, 3.63) is 94.8 Å². The standard InChI is InChI=1S/C29H30FNO5/c1-29(17-20-7-10-24(30)11-8-20)18-23-15-21(9-12-26(23)36-29)16-27(32)31(19-28(33)34)14-13-22-5-3-4-6-25(22)35-2/h3-12,15H,13-14,16-19H2,1-2H3,(H,33,34)/t29-/m1/s1. The fraction of sp³-hybridized carbons (Fsp3) is 0.310. The molecule has 0 aromatic heterocycles. The van der Waals surface area contributed by atoms with Gasteiger partial charge in [0.15, 0.2) is 0 Å². The number of benzene rings is 3. The minimum absolute atomic E-state index is 0.0984. The van der Waals surface area contributed by atoms with Gasteiger partial charge in [-0.3, -0.25) is 9.59 Å². The van der Waals surface area contributed by atoms with E-state index in [1.807, 2.05) is 49.4 Å². The molecule has 0 aliphatic carbocycles. The van der Waals surface area contributed by atoms with Crippen molar-refractivity contribution < 1.29 is 28.6 Å². The van der Waals surface area contributed by atoms with Crippen molar-refractivity contribution >= 4 is 11.9 Å². The van der Waals surface area contributed by atoms with E-state index in [1.165, 1.54) is 17.0 Å². The van der Waals surface area contributed by atoms with Crippen LogP contribution >= 0.6 is 0 Å². The number of carboxylic acid groups (broad SMARTS) is 1. The van der Waals surface area contributed by atoms with Crippen molar-refractivity contribution in [1.29, 1.82) is 0 Å². The highest BCUT2D eigenvalue weighted by Gasteiger charge is 2.35. The molecule has 1 heterocycles. The number of fused-ring (bicyclic) bond motifs is 1. The number of carbonyl (C=O) groups is 2. The molecule has 1 amide bonds. The van der Waals surface area contributed by atoms with Gasteiger partial charge in [-0.2, -0.15) is 0 Å². The predicted molar refractivity (Wildman–Crippen MR) is 134 cm³/mol. The summed E-state index contributed by atoms with van der Waals surface area (Å²) in [6.45, 7) is 1.93. The van der Waals surface area contributed by atoms with Gasteiger partial charge in [-0.25, -0.2) is 4.39 Å². The van der Waals surface area contributed by atoms with Gasteiger partial charge in [0.25, 0.3) is 0 Å². The highest BCUT2D eigenvalue weighted by atomic mass is 19.1. The van der Waals surface area contributed by atoms with Gasteiger partial charge in [-0.1, -0.05) is 42.5 Å². The number of nitrogens with zero attached hydrogens (tertiary/aromatic N) is 1. The Balaban J connectivity index is 1.42. The maximum absolute atomic E-state index is 13.3. The van der Waals surface area contributed by atoms with Gasteiger partial charge in [0.05, 0.1) is 13.5 Å². The molecular weight excluding hydrogens is 461 g/mol. The number of para-hydroxylation sites is 1. The second-order valence-corrected chi connectivity index (χ2v) is 9.42. The van der Waals surface area contributed by atoms with Crippen LogP contribution in [0.3, 0.4) is 0 Å². The van der Waals surface area contributed by atoms with E-state index in [0.29, 0.717) is 25.0 Å². The van der Waals surface area contributed by atoms with Crippen LogP contribution in [0.5, 0.6) is 11.5 Å². The zero-order valence-electron chi connectivity index (χ0n) is 20.5. The second kappa shape index (κ2) is 10.8. The smallest absolute Gasteiger partial charge is 0.323 e. The summed E-state index contributed by atoms with van der Waals surface area (Å²) >= 11 is 0. The zero-order chi connectivity index (χ0) is 25.7. The first-order valence-electron chi connectivity index (χ1n) is 11.9. The molecule has 0 fully saturated rings. The maximum Gasteiger partial charge on any atom is 0.323 e. The lowest BCUT2D eigenvalue weighted by atomic mass is 9.91. The Labute approximate surface area is 210 Å². The SMILES string of the molecule is COc1ccccc1CCN(CC(=O)O)C(=O)Cc1ccc2c(c1)C[C@@](C)(Cc1ccc(F)cc1)O2. The van der Waals surface area contributed by atoms with Crippen molar-refractivity contribution in [2.24, 2.45) is 0 Å². The minimum atomic E-state index is -1.05. The third kappa shape index (κ3) is 6.22. The van der Waals surface area contributed by atoms with Gasteiger partial charge in [0.1, 0.15) is 29.5 Å². The highest BCUT2D eigenvalue weighted by Crippen LogP contribution is 2.37. The van der Waals surface area contributed by atoms with Crippen molar-refractivity contribution in [1.82, 2.24) is 4.90 Å². The fourth-order valence-electron chi connectivity index (χ4n) is 4.72. The Bertz CT molecular complexity index is 1240. The number of methoxy groups -OCH3 is 1. The van der Waals surface area contributed by atoms with E-state index in [-0.39, 0.29) is 31.2 Å². The summed E-state index contributed by atoms with van der Waals surface area (Å²) in [4.78, 5) is 25.9. The molecule has 188 valence electrons. The number of hydrogen-bond acceptors (Lipinski definition) is 4. The molecule has 1 aliphatic heterocycles. The van der Waals surface area contributed by atoms with Crippen LogP contribution in [0.25, 0.3) is 0 Å². The number of ether oxygens (including phenoxy) is 2. The van der Waals surface area contributed by atoms with E-state index in [0.717, 1.165) is 28.0 Å². The summed E-state index contributed by atoms with van der Waals surface area (Å²) < 4.78 is 24.8. The number of hydrogen-bond donors (Lipinski definition) is 1. The molecule has 3 aromatic rings. The van der Waals surface area contributed by atoms with Gasteiger partial charge in [0.2, 0.25) is 5.91 Å². The minimum Gasteiger partial charge on any atom is -0.496 e. The van der Waals surface area contributed by atoms with E-state index in [4.69, 9.17) is 9.47 Å². The van der Waals surface area contributed by atoms with Gasteiger partial charge in [0, 0.05) is 19.4 Å². The zero-order valence-corrected chi connectivity index (χ0v) is 20.5. The number of amides is 1. The summed E-state index contributed by atoms with van der Waals surface area (Å²) in [6.07, 6.45) is 1.88. The Morgan fingerprint density at radius 3 is 2.53 bits per heavy atom. The quantitative estimate of drug-likeness (QED) is 0.453. The van der Waals surface area contributed by atoms with Crippen LogP contribution in [0, 0.1) is 5.82 Å². The normalized spacial score (nSPS) is 16.2. The first-order valence-corrected chi connectivity index (χ1v) is 11.9. The molecule has 0 spiro atoms. The van der Waals surface area contributed by atoms with E-state index in [9.17, 15) is 19.1 Å². The Hall–Kier alpha value is -3.87. The molecule has 0 radical (unpaired) electrons. The highest BCUT2D eigenvalue weighted by molar-refractivity contribution is 5.83. The third-order valence-electron chi connectivity index (χ3n) is 6.41. The molecule has 6 nitrogen and oxygen atoms in total. The van der Waals surface area contributed by atoms with Gasteiger partial charge in [-0.05, 0) is 59.9 Å². The van der Waals surface area contributed by atoms with Gasteiger partial charge >= 0.3 is 5.97 Å². The summed E-state index contributed by atoms with van der Waals surface area (Å²) in [5.74, 6) is -0.0897. The molecule has 0 bridgehead atoms. The third-order valence-corrected chi connectivity index (χ3v) is 6.41. The molecule has 0 saturated heterocycles. The maximum atomic E-state index is 13.3. The van der Waals surface area contributed by atoms with Crippen molar-refractivity contribution in [3.8, 4) is 11.5 Å². The number of carboxylic acids is 1. The Kier molecular flexibility index (Phi) is 7.58. The van der Waals surface area contributed by atoms with E-state index in [1.54, 1.807) is 19.2 Å². The van der Waals surface area contributed by atoms with Gasteiger partial charge in [-0.15, -0.1) is 0 Å². The van der Waals surface area contributed by atoms with E-state index in [2.05, 4.69) is 0 Å². The summed E-state index contributed by atoms with van der Waals surface area (Å²) in [5, 5.41) is 9.36. The van der Waals surface area contributed by atoms with Crippen LogP contribution < -0.4 is 9.47 Å². The number of halogens is 1. The van der Waals surface area contributed by atoms with Crippen LogP contribution in [0.1, 0.15) is 29.2 Å². The first kappa shape index (κ1) is 25.2. The monoisotopic (exact) mass is 491 g/mol. The van der Waals surface area contributed by atoms with Crippen LogP contribution in [-0.2, 0) is 35.3 Å². The molecule has 0 unspecified atom stereocenters. The summed E-state index contributed by atoms with van der Waals surface area (Å²) in [7, 11) is 1.58. The van der Waals surface area contributed by atoms with Gasteiger partial charge < -0.3 is 19.5 Å². The number of aliphatic carboxylic acids is 1. The van der Waals surface area contributed by atoms with Crippen molar-refractivity contribution in [2.45, 2.75) is 38.2 Å². The molecule has 0 saturated carbocycles. The molecule has 1 N–H and O–H groups in total. The Morgan fingerprint density at radius 2 is 1.81 bits per heavy atom. The molecule has 4 rings (SSSR count). The molecule has 36 heavy (non-hydrogen) atoms. The van der Waals surface area contributed by atoms with E-state index >= 15 is 0 Å². The lowest BCUT2D eigenvalue weighted by Gasteiger charge is -2.24. The summed E-state index contributed by atoms with van der Waals surface area (Å²) in [5.41, 5.74) is 3.25. The van der Waals surface area contributed by atoms with E-state index < -0.39 is 11.6 Å².